The Morgan fingerprint density at radius 2 is 2.20 bits per heavy atom. The highest BCUT2D eigenvalue weighted by Crippen LogP contribution is 2.38. The Morgan fingerprint density at radius 3 is 2.84 bits per heavy atom. The third-order valence-electron chi connectivity index (χ3n) is 2.88. The van der Waals surface area contributed by atoms with Crippen molar-refractivity contribution in [1.82, 2.24) is 5.32 Å². The summed E-state index contributed by atoms with van der Waals surface area (Å²) in [7, 11) is 0. The van der Waals surface area contributed by atoms with E-state index < -0.39 is 5.91 Å². The van der Waals surface area contributed by atoms with Gasteiger partial charge in [0.1, 0.15) is 6.61 Å². The van der Waals surface area contributed by atoms with Crippen LogP contribution in [0.5, 0.6) is 11.5 Å². The minimum atomic E-state index is -0.394. The molecule has 25 heavy (non-hydrogen) atoms. The summed E-state index contributed by atoms with van der Waals surface area (Å²) >= 11 is 4.58. The summed E-state index contributed by atoms with van der Waals surface area (Å²) in [6.45, 7) is 7.69. The Morgan fingerprint density at radius 1 is 1.44 bits per heavy atom. The highest BCUT2D eigenvalue weighted by Gasteiger charge is 2.23. The smallest absolute Gasteiger partial charge is 0.286 e. The molecule has 1 aliphatic heterocycles. The quantitative estimate of drug-likeness (QED) is 0.558. The first-order valence-corrected chi connectivity index (χ1v) is 9.05. The SMILES string of the molecule is C=CCOc1c(Br)cc(/C=C2\SC(NC(C)=O)=NC2=O)cc1OCC. The van der Waals surface area contributed by atoms with E-state index in [-0.39, 0.29) is 11.1 Å². The van der Waals surface area contributed by atoms with E-state index >= 15 is 0 Å². The summed E-state index contributed by atoms with van der Waals surface area (Å²) in [5, 5.41) is 2.79. The third kappa shape index (κ3) is 5.20. The number of carbonyl (C=O) groups excluding carboxylic acids is 2. The Hall–Kier alpha value is -2.06. The Kier molecular flexibility index (Phi) is 6.83. The number of hydrogen-bond donors (Lipinski definition) is 1. The highest BCUT2D eigenvalue weighted by molar-refractivity contribution is 9.10. The molecule has 0 saturated carbocycles. The predicted molar refractivity (Wildman–Crippen MR) is 103 cm³/mol. The van der Waals surface area contributed by atoms with Crippen LogP contribution in [0.1, 0.15) is 19.4 Å². The van der Waals surface area contributed by atoms with E-state index in [1.807, 2.05) is 13.0 Å². The average molecular weight is 425 g/mol. The largest absolute Gasteiger partial charge is 0.490 e. The molecule has 0 atom stereocenters. The predicted octanol–water partition coefficient (Wildman–Crippen LogP) is 3.52. The summed E-state index contributed by atoms with van der Waals surface area (Å²) in [5.41, 5.74) is 0.747. The van der Waals surface area contributed by atoms with E-state index in [0.29, 0.717) is 34.1 Å². The van der Waals surface area contributed by atoms with Gasteiger partial charge in [-0.2, -0.15) is 4.99 Å². The van der Waals surface area contributed by atoms with E-state index in [1.165, 1.54) is 6.92 Å². The number of amides is 2. The molecule has 1 aromatic rings. The molecule has 1 heterocycles. The van der Waals surface area contributed by atoms with Crippen LogP contribution in [-0.2, 0) is 9.59 Å². The third-order valence-corrected chi connectivity index (χ3v) is 4.37. The van der Waals surface area contributed by atoms with Crippen LogP contribution >= 0.6 is 27.7 Å². The fourth-order valence-electron chi connectivity index (χ4n) is 1.98. The summed E-state index contributed by atoms with van der Waals surface area (Å²) in [5.74, 6) is 0.466. The number of amidine groups is 1. The maximum absolute atomic E-state index is 12.0. The molecule has 0 fully saturated rings. The maximum Gasteiger partial charge on any atom is 0.286 e. The van der Waals surface area contributed by atoms with Crippen LogP contribution < -0.4 is 14.8 Å². The summed E-state index contributed by atoms with van der Waals surface area (Å²) < 4.78 is 11.9. The molecule has 0 spiro atoms. The van der Waals surface area contributed by atoms with Crippen molar-refractivity contribution >= 4 is 50.7 Å². The van der Waals surface area contributed by atoms with Gasteiger partial charge in [0.15, 0.2) is 16.7 Å². The van der Waals surface area contributed by atoms with Gasteiger partial charge in [-0.1, -0.05) is 12.7 Å². The topological polar surface area (TPSA) is 77.0 Å². The molecule has 1 N–H and O–H groups in total. The fraction of sp³-hybridized carbons (Fsp3) is 0.235. The summed E-state index contributed by atoms with van der Waals surface area (Å²) in [4.78, 5) is 27.3. The standard InChI is InChI=1S/C17H17BrN2O4S/c1-4-6-24-15-12(18)7-11(8-13(15)23-5-2)9-14-16(22)20-17(25-14)19-10(3)21/h4,7-9H,1,5-6H2,2-3H3,(H,19,20,21,22)/b14-9-. The molecule has 6 nitrogen and oxygen atoms in total. The molecule has 1 aromatic carbocycles. The van der Waals surface area contributed by atoms with Gasteiger partial charge >= 0.3 is 0 Å². The second-order valence-corrected chi connectivity index (χ2v) is 6.76. The first kappa shape index (κ1) is 19.3. The maximum atomic E-state index is 12.0. The van der Waals surface area contributed by atoms with E-state index in [0.717, 1.165) is 17.3 Å². The number of aliphatic imine (C=N–C) groups is 1. The van der Waals surface area contributed by atoms with Crippen molar-refractivity contribution in [2.45, 2.75) is 13.8 Å². The lowest BCUT2D eigenvalue weighted by Crippen LogP contribution is -2.23. The number of rotatable bonds is 6. The number of ether oxygens (including phenoxy) is 2. The summed E-state index contributed by atoms with van der Waals surface area (Å²) in [6.07, 6.45) is 3.34. The van der Waals surface area contributed by atoms with E-state index in [9.17, 15) is 9.59 Å². The van der Waals surface area contributed by atoms with Crippen molar-refractivity contribution in [2.75, 3.05) is 13.2 Å². The van der Waals surface area contributed by atoms with Crippen molar-refractivity contribution in [3.63, 3.8) is 0 Å². The van der Waals surface area contributed by atoms with Gasteiger partial charge < -0.3 is 14.8 Å². The number of benzene rings is 1. The van der Waals surface area contributed by atoms with Crippen molar-refractivity contribution < 1.29 is 19.1 Å². The minimum absolute atomic E-state index is 0.273. The highest BCUT2D eigenvalue weighted by atomic mass is 79.9. The number of nitrogens with zero attached hydrogens (tertiary/aromatic N) is 1. The Bertz CT molecular complexity index is 774. The van der Waals surface area contributed by atoms with Gasteiger partial charge in [-0.25, -0.2) is 0 Å². The van der Waals surface area contributed by atoms with Crippen molar-refractivity contribution in [3.05, 3.63) is 39.7 Å². The molecule has 2 rings (SSSR count). The van der Waals surface area contributed by atoms with Crippen LogP contribution in [0.3, 0.4) is 0 Å². The average Bonchev–Trinajstić information content (AvgIpc) is 2.85. The van der Waals surface area contributed by atoms with Gasteiger partial charge in [-0.05, 0) is 58.4 Å². The van der Waals surface area contributed by atoms with Gasteiger partial charge in [-0.3, -0.25) is 9.59 Å². The first-order chi connectivity index (χ1) is 11.9. The van der Waals surface area contributed by atoms with E-state index in [4.69, 9.17) is 9.47 Å². The molecular formula is C17H17BrN2O4S. The first-order valence-electron chi connectivity index (χ1n) is 7.44. The van der Waals surface area contributed by atoms with Crippen LogP contribution in [0.15, 0.2) is 39.2 Å². The monoisotopic (exact) mass is 424 g/mol. The zero-order valence-electron chi connectivity index (χ0n) is 13.8. The number of thioether (sulfide) groups is 1. The number of hydrogen-bond acceptors (Lipinski definition) is 5. The van der Waals surface area contributed by atoms with Crippen LogP contribution in [0.4, 0.5) is 0 Å². The molecule has 0 bridgehead atoms. The molecule has 8 heteroatoms. The van der Waals surface area contributed by atoms with Gasteiger partial charge in [0, 0.05) is 6.92 Å². The normalized spacial score (nSPS) is 15.1. The molecule has 0 aromatic heterocycles. The van der Waals surface area contributed by atoms with Crippen LogP contribution in [-0.4, -0.2) is 30.2 Å². The number of halogens is 1. The molecule has 132 valence electrons. The number of carbonyl (C=O) groups is 2. The van der Waals surface area contributed by atoms with E-state index in [1.54, 1.807) is 18.2 Å². The van der Waals surface area contributed by atoms with Crippen molar-refractivity contribution in [1.29, 1.82) is 0 Å². The lowest BCUT2D eigenvalue weighted by Gasteiger charge is -2.13. The molecule has 0 saturated heterocycles. The second kappa shape index (κ2) is 8.87. The molecule has 0 unspecified atom stereocenters. The molecular weight excluding hydrogens is 408 g/mol. The molecule has 0 radical (unpaired) electrons. The van der Waals surface area contributed by atoms with Gasteiger partial charge in [-0.15, -0.1) is 0 Å². The molecule has 0 aliphatic carbocycles. The molecule has 1 aliphatic rings. The lowest BCUT2D eigenvalue weighted by atomic mass is 10.2. The zero-order chi connectivity index (χ0) is 18.4. The van der Waals surface area contributed by atoms with Crippen LogP contribution in [0.25, 0.3) is 6.08 Å². The lowest BCUT2D eigenvalue weighted by molar-refractivity contribution is -0.117. The zero-order valence-corrected chi connectivity index (χ0v) is 16.2. The van der Waals surface area contributed by atoms with Crippen molar-refractivity contribution in [3.8, 4) is 11.5 Å². The Labute approximate surface area is 158 Å². The van der Waals surface area contributed by atoms with Crippen LogP contribution in [0, 0.1) is 0 Å². The Balaban J connectivity index is 2.29. The van der Waals surface area contributed by atoms with Gasteiger partial charge in [0.2, 0.25) is 5.91 Å². The van der Waals surface area contributed by atoms with E-state index in [2.05, 4.69) is 32.8 Å². The van der Waals surface area contributed by atoms with Crippen LogP contribution in [0.2, 0.25) is 0 Å². The summed E-state index contributed by atoms with van der Waals surface area (Å²) in [6, 6.07) is 3.60. The minimum Gasteiger partial charge on any atom is -0.490 e. The number of nitrogens with one attached hydrogen (secondary N) is 1. The van der Waals surface area contributed by atoms with Gasteiger partial charge in [0.25, 0.3) is 5.91 Å². The van der Waals surface area contributed by atoms with Gasteiger partial charge in [0.05, 0.1) is 16.0 Å². The molecule has 2 amide bonds. The van der Waals surface area contributed by atoms with Crippen molar-refractivity contribution in [2.24, 2.45) is 4.99 Å². The fourth-order valence-corrected chi connectivity index (χ4v) is 3.41. The second-order valence-electron chi connectivity index (χ2n) is 4.88.